The van der Waals surface area contributed by atoms with Gasteiger partial charge in [-0.3, -0.25) is 0 Å². The fourth-order valence-electron chi connectivity index (χ4n) is 0.901. The van der Waals surface area contributed by atoms with Gasteiger partial charge < -0.3 is 5.11 Å². The van der Waals surface area contributed by atoms with Gasteiger partial charge in [0.05, 0.1) is 12.2 Å². The summed E-state index contributed by atoms with van der Waals surface area (Å²) in [7, 11) is 0. The molecule has 0 atom stereocenters. The molecule has 1 N–H and O–H groups in total. The molecular weight excluding hydrogens is 207 g/mol. The Morgan fingerprint density at radius 1 is 1.54 bits per heavy atom. The van der Waals surface area contributed by atoms with Crippen LogP contribution in [0, 0.1) is 5.95 Å². The van der Waals surface area contributed by atoms with Crippen LogP contribution < -0.4 is 0 Å². The van der Waals surface area contributed by atoms with Gasteiger partial charge in [0.2, 0.25) is 5.95 Å². The van der Waals surface area contributed by atoms with Crippen LogP contribution in [0.15, 0.2) is 6.07 Å². The van der Waals surface area contributed by atoms with Crippen LogP contribution in [0.25, 0.3) is 0 Å². The van der Waals surface area contributed by atoms with Gasteiger partial charge in [-0.2, -0.15) is 4.39 Å². The van der Waals surface area contributed by atoms with Crippen LogP contribution in [0.2, 0.25) is 5.15 Å². The maximum Gasteiger partial charge on any atom is 0.268 e. The minimum absolute atomic E-state index is 0.243. The smallest absolute Gasteiger partial charge is 0.268 e. The molecule has 0 bridgehead atoms. The molecule has 0 aromatic carbocycles. The molecule has 0 spiro atoms. The van der Waals surface area contributed by atoms with Crippen LogP contribution in [0.1, 0.15) is 17.6 Å². The van der Waals surface area contributed by atoms with Crippen LogP contribution in [-0.2, 0) is 6.61 Å². The number of pyridine rings is 1. The summed E-state index contributed by atoms with van der Waals surface area (Å²) >= 11 is 5.30. The molecule has 0 aliphatic rings. The second kappa shape index (κ2) is 3.93. The minimum Gasteiger partial charge on any atom is -0.392 e. The van der Waals surface area contributed by atoms with Crippen LogP contribution in [-0.4, -0.2) is 10.1 Å². The van der Waals surface area contributed by atoms with Gasteiger partial charge in [-0.05, 0) is 11.6 Å². The van der Waals surface area contributed by atoms with Crippen LogP contribution in [0.5, 0.6) is 0 Å². The second-order valence-electron chi connectivity index (χ2n) is 2.27. The summed E-state index contributed by atoms with van der Waals surface area (Å²) in [6.45, 7) is -0.696. The average Bonchev–Trinajstić information content (AvgIpc) is 2.01. The molecule has 0 aliphatic carbocycles. The van der Waals surface area contributed by atoms with Crippen molar-refractivity contribution in [2.24, 2.45) is 0 Å². The van der Waals surface area contributed by atoms with Crippen molar-refractivity contribution in [2.75, 3.05) is 0 Å². The van der Waals surface area contributed by atoms with Gasteiger partial charge in [-0.1, -0.05) is 11.6 Å². The van der Waals surface area contributed by atoms with Gasteiger partial charge in [0.25, 0.3) is 6.43 Å². The van der Waals surface area contributed by atoms with E-state index >= 15 is 0 Å². The summed E-state index contributed by atoms with van der Waals surface area (Å²) in [5.41, 5.74) is -1.14. The van der Waals surface area contributed by atoms with Crippen LogP contribution in [0.4, 0.5) is 13.2 Å². The number of rotatable bonds is 2. The second-order valence-corrected chi connectivity index (χ2v) is 2.65. The Balaban J connectivity index is 3.30. The average molecular weight is 212 g/mol. The highest BCUT2D eigenvalue weighted by molar-refractivity contribution is 6.29. The molecule has 0 aliphatic heterocycles. The number of hydrogen-bond donors (Lipinski definition) is 1. The zero-order chi connectivity index (χ0) is 10.0. The van der Waals surface area contributed by atoms with Crippen molar-refractivity contribution in [1.29, 1.82) is 0 Å². The van der Waals surface area contributed by atoms with Crippen molar-refractivity contribution >= 4 is 11.6 Å². The molecule has 0 unspecified atom stereocenters. The predicted molar refractivity (Wildman–Crippen MR) is 40.1 cm³/mol. The molecule has 0 amide bonds. The van der Waals surface area contributed by atoms with Crippen LogP contribution >= 0.6 is 11.6 Å². The Hall–Kier alpha value is -0.810. The molecule has 1 aromatic heterocycles. The summed E-state index contributed by atoms with van der Waals surface area (Å²) in [5.74, 6) is -1.34. The molecule has 0 saturated carbocycles. The molecular formula is C7H5ClF3NO. The number of aliphatic hydroxyl groups excluding tert-OH is 1. The minimum atomic E-state index is -3.01. The summed E-state index contributed by atoms with van der Waals surface area (Å²) in [6.07, 6.45) is -3.01. The Morgan fingerprint density at radius 2 is 2.15 bits per heavy atom. The first-order chi connectivity index (χ1) is 6.06. The zero-order valence-electron chi connectivity index (χ0n) is 6.27. The van der Waals surface area contributed by atoms with Gasteiger partial charge in [0.15, 0.2) is 0 Å². The molecule has 6 heteroatoms. The van der Waals surface area contributed by atoms with E-state index in [2.05, 4.69) is 4.98 Å². The Bertz CT molecular complexity index is 319. The van der Waals surface area contributed by atoms with E-state index in [0.29, 0.717) is 0 Å². The molecule has 2 nitrogen and oxygen atoms in total. The lowest BCUT2D eigenvalue weighted by Crippen LogP contribution is -2.01. The van der Waals surface area contributed by atoms with Crippen molar-refractivity contribution < 1.29 is 18.3 Å². The maximum absolute atomic E-state index is 12.8. The number of hydrogen-bond acceptors (Lipinski definition) is 2. The number of nitrogens with zero attached hydrogens (tertiary/aromatic N) is 1. The highest BCUT2D eigenvalue weighted by Gasteiger charge is 2.19. The fraction of sp³-hybridized carbons (Fsp3) is 0.286. The molecule has 13 heavy (non-hydrogen) atoms. The molecule has 0 saturated heterocycles. The summed E-state index contributed by atoms with van der Waals surface area (Å²) in [5, 5.41) is 8.37. The van der Waals surface area contributed by atoms with Crippen molar-refractivity contribution in [1.82, 2.24) is 4.98 Å². The van der Waals surface area contributed by atoms with E-state index in [4.69, 9.17) is 16.7 Å². The van der Waals surface area contributed by atoms with Crippen molar-refractivity contribution in [3.05, 3.63) is 28.3 Å². The van der Waals surface area contributed by atoms with E-state index in [9.17, 15) is 13.2 Å². The molecule has 0 fully saturated rings. The quantitative estimate of drug-likeness (QED) is 0.762. The van der Waals surface area contributed by atoms with Gasteiger partial charge in [0, 0.05) is 0 Å². The summed E-state index contributed by atoms with van der Waals surface area (Å²) in [6, 6.07) is 1.01. The van der Waals surface area contributed by atoms with Crippen molar-refractivity contribution in [3.8, 4) is 0 Å². The van der Waals surface area contributed by atoms with Crippen molar-refractivity contribution in [3.63, 3.8) is 0 Å². The third-order valence-corrected chi connectivity index (χ3v) is 1.65. The first kappa shape index (κ1) is 10.3. The SMILES string of the molecule is OCc1cc(Cl)nc(F)c1C(F)F. The Morgan fingerprint density at radius 3 is 2.62 bits per heavy atom. The third-order valence-electron chi connectivity index (χ3n) is 1.46. The van der Waals surface area contributed by atoms with E-state index in [-0.39, 0.29) is 10.7 Å². The topological polar surface area (TPSA) is 33.1 Å². The first-order valence-corrected chi connectivity index (χ1v) is 3.68. The van der Waals surface area contributed by atoms with E-state index in [0.717, 1.165) is 6.07 Å². The Labute approximate surface area is 77.0 Å². The number of aromatic nitrogens is 1. The van der Waals surface area contributed by atoms with Gasteiger partial charge >= 0.3 is 0 Å². The Kier molecular flexibility index (Phi) is 3.11. The maximum atomic E-state index is 12.8. The number of alkyl halides is 2. The molecule has 0 radical (unpaired) electrons. The van der Waals surface area contributed by atoms with E-state index in [1.165, 1.54) is 0 Å². The summed E-state index contributed by atoms with van der Waals surface area (Å²) in [4.78, 5) is 3.01. The largest absolute Gasteiger partial charge is 0.392 e. The lowest BCUT2D eigenvalue weighted by molar-refractivity contribution is 0.140. The van der Waals surface area contributed by atoms with E-state index in [1.54, 1.807) is 0 Å². The lowest BCUT2D eigenvalue weighted by Gasteiger charge is -2.06. The number of halogens is 4. The third kappa shape index (κ3) is 2.10. The van der Waals surface area contributed by atoms with Crippen LogP contribution in [0.3, 0.4) is 0 Å². The summed E-state index contributed by atoms with van der Waals surface area (Å²) < 4.78 is 37.1. The lowest BCUT2D eigenvalue weighted by atomic mass is 10.1. The van der Waals surface area contributed by atoms with Gasteiger partial charge in [0.1, 0.15) is 5.15 Å². The molecule has 1 rings (SSSR count). The predicted octanol–water partition coefficient (Wildman–Crippen LogP) is 2.30. The standard InChI is InChI=1S/C7H5ClF3NO/c8-4-1-3(2-13)5(6(9)10)7(11)12-4/h1,6,13H,2H2. The monoisotopic (exact) mass is 211 g/mol. The zero-order valence-corrected chi connectivity index (χ0v) is 7.02. The first-order valence-electron chi connectivity index (χ1n) is 3.30. The van der Waals surface area contributed by atoms with Gasteiger partial charge in [-0.25, -0.2) is 13.8 Å². The molecule has 72 valence electrons. The molecule has 1 aromatic rings. The van der Waals surface area contributed by atoms with Gasteiger partial charge in [-0.15, -0.1) is 0 Å². The fourth-order valence-corrected chi connectivity index (χ4v) is 1.11. The molecule has 1 heterocycles. The van der Waals surface area contributed by atoms with Crippen molar-refractivity contribution in [2.45, 2.75) is 13.0 Å². The van der Waals surface area contributed by atoms with E-state index in [1.807, 2.05) is 0 Å². The number of aliphatic hydroxyl groups is 1. The highest BCUT2D eigenvalue weighted by atomic mass is 35.5. The van der Waals surface area contributed by atoms with E-state index < -0.39 is 24.5 Å². The normalized spacial score (nSPS) is 10.9. The highest BCUT2D eigenvalue weighted by Crippen LogP contribution is 2.26.